The Balaban J connectivity index is 0.00000220. The summed E-state index contributed by atoms with van der Waals surface area (Å²) in [6.45, 7) is 3.13. The Kier molecular flexibility index (Phi) is 6.62. The molecule has 0 saturated carbocycles. The lowest BCUT2D eigenvalue weighted by Crippen LogP contribution is -2.46. The summed E-state index contributed by atoms with van der Waals surface area (Å²) in [7, 11) is 0. The van der Waals surface area contributed by atoms with Gasteiger partial charge >= 0.3 is 6.09 Å². The monoisotopic (exact) mass is 296 g/mol. The van der Waals surface area contributed by atoms with E-state index in [4.69, 9.17) is 10.5 Å². The number of piperidine rings is 1. The molecule has 1 amide bonds. The highest BCUT2D eigenvalue weighted by atomic mass is 19.1. The number of rotatable bonds is 3. The molecule has 0 unspecified atom stereocenters. The summed E-state index contributed by atoms with van der Waals surface area (Å²) in [4.78, 5) is 13.3. The topological polar surface area (TPSA) is 55.6 Å². The van der Waals surface area contributed by atoms with E-state index >= 15 is 0 Å². The number of nitrogens with zero attached hydrogens (tertiary/aromatic N) is 1. The molecule has 2 rings (SSSR count). The minimum absolute atomic E-state index is 0. The first kappa shape index (κ1) is 17.4. The maximum Gasteiger partial charge on any atom is 0.410 e. The Hall–Kier alpha value is -1.62. The van der Waals surface area contributed by atoms with E-state index in [2.05, 4.69) is 0 Å². The van der Waals surface area contributed by atoms with Gasteiger partial charge in [0, 0.05) is 12.5 Å². The number of alkyl halides is 1. The van der Waals surface area contributed by atoms with Gasteiger partial charge < -0.3 is 15.4 Å². The van der Waals surface area contributed by atoms with E-state index in [0.29, 0.717) is 19.5 Å². The Morgan fingerprint density at radius 1 is 1.43 bits per heavy atom. The Morgan fingerprint density at radius 2 is 2.10 bits per heavy atom. The van der Waals surface area contributed by atoms with Crippen molar-refractivity contribution in [3.63, 3.8) is 0 Å². The number of carbonyl (C=O) groups excluding carboxylic acids is 1. The largest absolute Gasteiger partial charge is 0.445 e. The number of carbonyl (C=O) groups is 1. The first-order valence-electron chi connectivity index (χ1n) is 6.91. The number of hydrogen-bond acceptors (Lipinski definition) is 3. The second-order valence-corrected chi connectivity index (χ2v) is 5.29. The molecule has 0 aromatic heterocycles. The standard InChI is InChI=1S/C15H21FN2O2.CH4/c1-11-2-4-12(5-3-11)10-20-15(19)18-7-6-13(8-17)14(16)9-18;/h2-5,13-14H,6-10,17H2,1H3;1H4/t13-,14-;/m1./s1. The Morgan fingerprint density at radius 3 is 2.67 bits per heavy atom. The van der Waals surface area contributed by atoms with E-state index in [0.717, 1.165) is 11.1 Å². The molecule has 0 aliphatic carbocycles. The quantitative estimate of drug-likeness (QED) is 0.933. The van der Waals surface area contributed by atoms with Crippen LogP contribution in [-0.4, -0.2) is 36.8 Å². The summed E-state index contributed by atoms with van der Waals surface area (Å²) >= 11 is 0. The van der Waals surface area contributed by atoms with Crippen molar-refractivity contribution in [1.29, 1.82) is 0 Å². The second-order valence-electron chi connectivity index (χ2n) is 5.29. The van der Waals surface area contributed by atoms with Crippen molar-refractivity contribution in [1.82, 2.24) is 4.90 Å². The number of aryl methyl sites for hydroxylation is 1. The third kappa shape index (κ3) is 4.70. The van der Waals surface area contributed by atoms with E-state index in [9.17, 15) is 9.18 Å². The molecule has 1 saturated heterocycles. The predicted octanol–water partition coefficient (Wildman–Crippen LogP) is 2.89. The van der Waals surface area contributed by atoms with Gasteiger partial charge in [-0.1, -0.05) is 37.3 Å². The number of ether oxygens (including phenoxy) is 1. The zero-order valence-corrected chi connectivity index (χ0v) is 11.7. The highest BCUT2D eigenvalue weighted by Gasteiger charge is 2.31. The van der Waals surface area contributed by atoms with E-state index in [1.165, 1.54) is 4.90 Å². The molecule has 5 heteroatoms. The summed E-state index contributed by atoms with van der Waals surface area (Å²) in [6, 6.07) is 7.77. The van der Waals surface area contributed by atoms with Crippen molar-refractivity contribution in [2.45, 2.75) is 33.5 Å². The Bertz CT molecular complexity index is 450. The molecule has 21 heavy (non-hydrogen) atoms. The van der Waals surface area contributed by atoms with Crippen molar-refractivity contribution in [2.24, 2.45) is 11.7 Å². The fourth-order valence-corrected chi connectivity index (χ4v) is 2.31. The molecule has 0 spiro atoms. The average Bonchev–Trinajstić information content (AvgIpc) is 2.46. The maximum atomic E-state index is 13.7. The molecular weight excluding hydrogens is 271 g/mol. The molecule has 2 N–H and O–H groups in total. The lowest BCUT2D eigenvalue weighted by Gasteiger charge is -2.33. The minimum Gasteiger partial charge on any atom is -0.445 e. The van der Waals surface area contributed by atoms with Crippen LogP contribution in [0.1, 0.15) is 25.0 Å². The molecule has 1 heterocycles. The number of hydrogen-bond donors (Lipinski definition) is 1. The number of benzene rings is 1. The van der Waals surface area contributed by atoms with Crippen LogP contribution in [0.4, 0.5) is 9.18 Å². The molecule has 118 valence electrons. The normalized spacial score (nSPS) is 21.6. The van der Waals surface area contributed by atoms with Crippen LogP contribution in [0.2, 0.25) is 0 Å². The fraction of sp³-hybridized carbons (Fsp3) is 0.562. The van der Waals surface area contributed by atoms with Crippen molar-refractivity contribution < 1.29 is 13.9 Å². The van der Waals surface area contributed by atoms with Gasteiger partial charge in [0.25, 0.3) is 0 Å². The highest BCUT2D eigenvalue weighted by molar-refractivity contribution is 5.67. The van der Waals surface area contributed by atoms with E-state index in [1.54, 1.807) is 0 Å². The summed E-state index contributed by atoms with van der Waals surface area (Å²) in [5.41, 5.74) is 7.57. The third-order valence-corrected chi connectivity index (χ3v) is 3.72. The molecule has 2 atom stereocenters. The number of likely N-dealkylation sites (tertiary alicyclic amines) is 1. The summed E-state index contributed by atoms with van der Waals surface area (Å²) in [6.07, 6.45) is -0.915. The van der Waals surface area contributed by atoms with Crippen LogP contribution in [-0.2, 0) is 11.3 Å². The summed E-state index contributed by atoms with van der Waals surface area (Å²) < 4.78 is 19.0. The second kappa shape index (κ2) is 7.98. The van der Waals surface area contributed by atoms with Crippen LogP contribution in [0.25, 0.3) is 0 Å². The van der Waals surface area contributed by atoms with Crippen LogP contribution < -0.4 is 5.73 Å². The molecule has 0 bridgehead atoms. The van der Waals surface area contributed by atoms with Gasteiger partial charge in [-0.05, 0) is 25.5 Å². The van der Waals surface area contributed by atoms with Crippen LogP contribution in [0.3, 0.4) is 0 Å². The first-order chi connectivity index (χ1) is 9.60. The minimum atomic E-state index is -1.05. The molecule has 4 nitrogen and oxygen atoms in total. The summed E-state index contributed by atoms with van der Waals surface area (Å²) in [5.74, 6) is -0.142. The van der Waals surface area contributed by atoms with Gasteiger partial charge in [0.2, 0.25) is 0 Å². The molecule has 1 fully saturated rings. The SMILES string of the molecule is C.Cc1ccc(COC(=O)N2CC[C@H](CN)[C@H](F)C2)cc1. The van der Waals surface area contributed by atoms with Crippen molar-refractivity contribution in [3.05, 3.63) is 35.4 Å². The van der Waals surface area contributed by atoms with Crippen molar-refractivity contribution in [3.8, 4) is 0 Å². The van der Waals surface area contributed by atoms with Gasteiger partial charge in [-0.15, -0.1) is 0 Å². The number of amides is 1. The maximum absolute atomic E-state index is 13.7. The van der Waals surface area contributed by atoms with E-state index < -0.39 is 12.3 Å². The van der Waals surface area contributed by atoms with Gasteiger partial charge in [0.1, 0.15) is 12.8 Å². The van der Waals surface area contributed by atoms with Gasteiger partial charge in [-0.25, -0.2) is 9.18 Å². The van der Waals surface area contributed by atoms with Crippen LogP contribution in [0.15, 0.2) is 24.3 Å². The zero-order chi connectivity index (χ0) is 14.5. The van der Waals surface area contributed by atoms with Gasteiger partial charge in [-0.3, -0.25) is 0 Å². The summed E-state index contributed by atoms with van der Waals surface area (Å²) in [5, 5.41) is 0. The van der Waals surface area contributed by atoms with Crippen molar-refractivity contribution in [2.75, 3.05) is 19.6 Å². The van der Waals surface area contributed by atoms with E-state index in [1.807, 2.05) is 31.2 Å². The van der Waals surface area contributed by atoms with Crippen LogP contribution >= 0.6 is 0 Å². The fourth-order valence-electron chi connectivity index (χ4n) is 2.31. The van der Waals surface area contributed by atoms with Crippen LogP contribution in [0.5, 0.6) is 0 Å². The lowest BCUT2D eigenvalue weighted by atomic mass is 9.95. The Labute approximate surface area is 126 Å². The smallest absolute Gasteiger partial charge is 0.410 e. The van der Waals surface area contributed by atoms with Crippen molar-refractivity contribution >= 4 is 6.09 Å². The molecule has 1 aromatic rings. The number of halogens is 1. The van der Waals surface area contributed by atoms with E-state index in [-0.39, 0.29) is 26.5 Å². The average molecular weight is 296 g/mol. The first-order valence-corrected chi connectivity index (χ1v) is 6.91. The molecule has 0 radical (unpaired) electrons. The third-order valence-electron chi connectivity index (χ3n) is 3.72. The lowest BCUT2D eigenvalue weighted by molar-refractivity contribution is 0.0536. The molecule has 1 aromatic carbocycles. The van der Waals surface area contributed by atoms with Crippen LogP contribution in [0, 0.1) is 12.8 Å². The molecular formula is C16H25FN2O2. The molecule has 1 aliphatic rings. The highest BCUT2D eigenvalue weighted by Crippen LogP contribution is 2.20. The van der Waals surface area contributed by atoms with Gasteiger partial charge in [-0.2, -0.15) is 0 Å². The molecule has 1 aliphatic heterocycles. The van der Waals surface area contributed by atoms with Gasteiger partial charge in [0.05, 0.1) is 6.54 Å². The predicted molar refractivity (Wildman–Crippen MR) is 81.7 cm³/mol. The number of nitrogens with two attached hydrogens (primary N) is 1. The zero-order valence-electron chi connectivity index (χ0n) is 11.7. The van der Waals surface area contributed by atoms with Gasteiger partial charge in [0.15, 0.2) is 0 Å².